The summed E-state index contributed by atoms with van der Waals surface area (Å²) in [5, 5.41) is 17.3. The Bertz CT molecular complexity index is 1340. The van der Waals surface area contributed by atoms with Crippen LogP contribution in [0.25, 0.3) is 11.1 Å². The summed E-state index contributed by atoms with van der Waals surface area (Å²) in [4.78, 5) is 49.5. The number of carboxylic acid groups (broad SMARTS) is 1. The van der Waals surface area contributed by atoms with Gasteiger partial charge in [0.25, 0.3) is 0 Å². The van der Waals surface area contributed by atoms with E-state index in [9.17, 15) is 19.2 Å². The van der Waals surface area contributed by atoms with E-state index in [1.54, 1.807) is 12.1 Å². The molecule has 0 radical (unpaired) electrons. The van der Waals surface area contributed by atoms with Gasteiger partial charge >= 0.3 is 5.97 Å². The Hall–Kier alpha value is -4.28. The van der Waals surface area contributed by atoms with Crippen LogP contribution in [-0.4, -0.2) is 56.8 Å². The molecule has 0 aliphatic heterocycles. The first-order valence-corrected chi connectivity index (χ1v) is 13.0. The molecule has 2 unspecified atom stereocenters. The summed E-state index contributed by atoms with van der Waals surface area (Å²) >= 11 is 0. The van der Waals surface area contributed by atoms with Crippen molar-refractivity contribution in [1.82, 2.24) is 10.6 Å². The average Bonchev–Trinajstić information content (AvgIpc) is 3.14. The number of nitrogens with one attached hydrogen (secondary N) is 3. The summed E-state index contributed by atoms with van der Waals surface area (Å²) in [7, 11) is 4.57. The second-order valence-corrected chi connectivity index (χ2v) is 10.0. The highest BCUT2D eigenvalue weighted by molar-refractivity contribution is 5.88. The molecule has 216 valence electrons. The Morgan fingerprint density at radius 1 is 1.05 bits per heavy atom. The maximum Gasteiger partial charge on any atom is 0.322 e. The number of aryl methyl sites for hydroxylation is 1. The largest absolute Gasteiger partial charge is 0.493 e. The third-order valence-electron chi connectivity index (χ3n) is 6.68. The minimum atomic E-state index is -1.17. The molecule has 1 aliphatic rings. The molecule has 0 heterocycles. The van der Waals surface area contributed by atoms with E-state index in [1.807, 2.05) is 19.9 Å². The van der Waals surface area contributed by atoms with E-state index in [0.29, 0.717) is 53.2 Å². The zero-order chi connectivity index (χ0) is 29.6. The Kier molecular flexibility index (Phi) is 9.98. The van der Waals surface area contributed by atoms with Gasteiger partial charge in [-0.05, 0) is 60.1 Å². The predicted octanol–water partition coefficient (Wildman–Crippen LogP) is 2.89. The maximum absolute atomic E-state index is 13.6. The standard InChI is InChI=1S/C29H37N3O8/c1-15(2)11-22(29(37)30-14-25(35)36)32-21-10-8-18-19(13-23(21)34)20(31-16(3)33)9-7-17-12-24(38-4)27(39-5)28(40-6)26(17)18/h8,10,12-13,15,20,22H,7,9,11,14H2,1-6H3,(H,30,37)(H,31,33)(H,32,34)(H,35,36). The number of methoxy groups -OCH3 is 3. The third kappa shape index (κ3) is 6.83. The van der Waals surface area contributed by atoms with Crippen molar-refractivity contribution in [3.05, 3.63) is 45.6 Å². The zero-order valence-corrected chi connectivity index (χ0v) is 23.7. The van der Waals surface area contributed by atoms with Crippen molar-refractivity contribution >= 4 is 23.5 Å². The monoisotopic (exact) mass is 555 g/mol. The number of carbonyl (C=O) groups excluding carboxylic acids is 2. The van der Waals surface area contributed by atoms with Gasteiger partial charge in [-0.3, -0.25) is 19.2 Å². The lowest BCUT2D eigenvalue weighted by Gasteiger charge is -2.20. The van der Waals surface area contributed by atoms with Gasteiger partial charge in [-0.1, -0.05) is 19.9 Å². The fraction of sp³-hybridized carbons (Fsp3) is 0.448. The topological polar surface area (TPSA) is 152 Å². The maximum atomic E-state index is 13.6. The van der Waals surface area contributed by atoms with Crippen LogP contribution in [0, 0.1) is 5.92 Å². The Labute approximate surface area is 233 Å². The van der Waals surface area contributed by atoms with Gasteiger partial charge in [-0.25, -0.2) is 0 Å². The van der Waals surface area contributed by atoms with E-state index < -0.39 is 30.5 Å². The highest BCUT2D eigenvalue weighted by atomic mass is 16.5. The summed E-state index contributed by atoms with van der Waals surface area (Å²) in [5.41, 5.74) is 2.62. The Morgan fingerprint density at radius 2 is 1.75 bits per heavy atom. The first-order valence-electron chi connectivity index (χ1n) is 13.0. The molecule has 4 N–H and O–H groups in total. The highest BCUT2D eigenvalue weighted by Crippen LogP contribution is 2.50. The lowest BCUT2D eigenvalue weighted by Crippen LogP contribution is -2.43. The lowest BCUT2D eigenvalue weighted by atomic mass is 9.95. The predicted molar refractivity (Wildman–Crippen MR) is 150 cm³/mol. The molecule has 0 saturated heterocycles. The Morgan fingerprint density at radius 3 is 2.33 bits per heavy atom. The van der Waals surface area contributed by atoms with Crippen LogP contribution in [0.1, 0.15) is 50.8 Å². The molecule has 11 heteroatoms. The number of fused-ring (bicyclic) bond motifs is 3. The molecular formula is C29H37N3O8. The average molecular weight is 556 g/mol. The van der Waals surface area contributed by atoms with Crippen LogP contribution in [-0.2, 0) is 20.8 Å². The molecule has 0 bridgehead atoms. The minimum Gasteiger partial charge on any atom is -0.493 e. The number of anilines is 1. The molecule has 0 saturated carbocycles. The molecule has 40 heavy (non-hydrogen) atoms. The van der Waals surface area contributed by atoms with E-state index >= 15 is 0 Å². The summed E-state index contributed by atoms with van der Waals surface area (Å²) < 4.78 is 17.0. The van der Waals surface area contributed by atoms with Crippen molar-refractivity contribution in [2.45, 2.75) is 52.1 Å². The van der Waals surface area contributed by atoms with Gasteiger partial charge in [0.2, 0.25) is 23.0 Å². The molecule has 2 atom stereocenters. The molecule has 3 rings (SSSR count). The molecule has 0 aromatic heterocycles. The second kappa shape index (κ2) is 13.2. The normalized spacial score (nSPS) is 14.6. The lowest BCUT2D eigenvalue weighted by molar-refractivity contribution is -0.138. The van der Waals surface area contributed by atoms with Crippen molar-refractivity contribution in [2.24, 2.45) is 5.92 Å². The number of carboxylic acids is 1. The van der Waals surface area contributed by atoms with Gasteiger partial charge in [0, 0.05) is 12.5 Å². The van der Waals surface area contributed by atoms with Crippen molar-refractivity contribution in [3.63, 3.8) is 0 Å². The van der Waals surface area contributed by atoms with E-state index in [-0.39, 0.29) is 22.9 Å². The van der Waals surface area contributed by atoms with Crippen molar-refractivity contribution in [3.8, 4) is 28.4 Å². The molecule has 2 aromatic carbocycles. The van der Waals surface area contributed by atoms with Gasteiger partial charge < -0.3 is 35.3 Å². The van der Waals surface area contributed by atoms with Gasteiger partial charge in [-0.15, -0.1) is 0 Å². The first kappa shape index (κ1) is 30.3. The van der Waals surface area contributed by atoms with Crippen LogP contribution in [0.4, 0.5) is 5.69 Å². The number of rotatable bonds is 11. The first-order chi connectivity index (χ1) is 19.0. The SMILES string of the molecule is COc1cc2c(c(OC)c1OC)-c1ccc(NC(CC(C)C)C(=O)NCC(=O)O)c(=O)cc1C(NC(C)=O)CC2. The van der Waals surface area contributed by atoms with Crippen LogP contribution in [0.3, 0.4) is 0 Å². The van der Waals surface area contributed by atoms with Crippen LogP contribution in [0.2, 0.25) is 0 Å². The van der Waals surface area contributed by atoms with Crippen LogP contribution >= 0.6 is 0 Å². The van der Waals surface area contributed by atoms with Gasteiger partial charge in [0.15, 0.2) is 11.5 Å². The molecule has 2 aromatic rings. The van der Waals surface area contributed by atoms with E-state index in [0.717, 1.165) is 5.56 Å². The van der Waals surface area contributed by atoms with Crippen molar-refractivity contribution < 1.29 is 33.7 Å². The molecule has 0 spiro atoms. The van der Waals surface area contributed by atoms with Crippen LogP contribution < -0.4 is 35.6 Å². The number of carbonyl (C=O) groups is 3. The number of hydrogen-bond acceptors (Lipinski definition) is 8. The number of benzene rings is 1. The molecular weight excluding hydrogens is 518 g/mol. The zero-order valence-electron chi connectivity index (χ0n) is 23.7. The highest BCUT2D eigenvalue weighted by Gasteiger charge is 2.30. The van der Waals surface area contributed by atoms with Gasteiger partial charge in [0.1, 0.15) is 12.6 Å². The minimum absolute atomic E-state index is 0.0834. The third-order valence-corrected chi connectivity index (χ3v) is 6.68. The van der Waals surface area contributed by atoms with E-state index in [1.165, 1.54) is 34.3 Å². The molecule has 2 amide bonds. The fourth-order valence-electron chi connectivity index (χ4n) is 5.00. The molecule has 0 fully saturated rings. The van der Waals surface area contributed by atoms with Crippen LogP contribution in [0.5, 0.6) is 17.2 Å². The summed E-state index contributed by atoms with van der Waals surface area (Å²) in [6, 6.07) is 5.37. The quantitative estimate of drug-likeness (QED) is 0.328. The van der Waals surface area contributed by atoms with Crippen molar-refractivity contribution in [2.75, 3.05) is 33.2 Å². The number of amides is 2. The second-order valence-electron chi connectivity index (χ2n) is 10.0. The summed E-state index contributed by atoms with van der Waals surface area (Å²) in [6.45, 7) is 4.74. The van der Waals surface area contributed by atoms with Crippen LogP contribution in [0.15, 0.2) is 29.1 Å². The summed E-state index contributed by atoms with van der Waals surface area (Å²) in [5.74, 6) is -0.530. The number of ether oxygens (including phenoxy) is 3. The van der Waals surface area contributed by atoms with Gasteiger partial charge in [-0.2, -0.15) is 0 Å². The smallest absolute Gasteiger partial charge is 0.322 e. The number of aliphatic carboxylic acids is 1. The Balaban J connectivity index is 2.23. The fourth-order valence-corrected chi connectivity index (χ4v) is 5.00. The van der Waals surface area contributed by atoms with Crippen molar-refractivity contribution in [1.29, 1.82) is 0 Å². The van der Waals surface area contributed by atoms with E-state index in [2.05, 4.69) is 16.0 Å². The van der Waals surface area contributed by atoms with E-state index in [4.69, 9.17) is 19.3 Å². The molecule has 1 aliphatic carbocycles. The number of hydrogen-bond donors (Lipinski definition) is 4. The van der Waals surface area contributed by atoms with Gasteiger partial charge in [0.05, 0.1) is 33.1 Å². The summed E-state index contributed by atoms with van der Waals surface area (Å²) in [6.07, 6.45) is 1.44. The molecule has 11 nitrogen and oxygen atoms in total.